The standard InChI is InChI=1S/C11H24N2O3S/c1-11(2,3)9-13(5-6-14)10(15)12-16-7-8-17-4/h14H,5-9H2,1-4H3,(H,12,15). The first-order chi connectivity index (χ1) is 7.90. The highest BCUT2D eigenvalue weighted by molar-refractivity contribution is 7.98. The van der Waals surface area contributed by atoms with Crippen LogP contribution in [0.2, 0.25) is 0 Å². The van der Waals surface area contributed by atoms with E-state index in [-0.39, 0.29) is 18.1 Å². The van der Waals surface area contributed by atoms with Gasteiger partial charge in [0, 0.05) is 18.8 Å². The first kappa shape index (κ1) is 16.5. The van der Waals surface area contributed by atoms with Crippen molar-refractivity contribution in [2.24, 2.45) is 5.41 Å². The molecule has 0 saturated heterocycles. The van der Waals surface area contributed by atoms with Crippen molar-refractivity contribution < 1.29 is 14.7 Å². The van der Waals surface area contributed by atoms with Crippen LogP contribution >= 0.6 is 11.8 Å². The molecule has 0 aromatic heterocycles. The predicted octanol–water partition coefficient (Wildman–Crippen LogP) is 1.33. The molecule has 0 fully saturated rings. The summed E-state index contributed by atoms with van der Waals surface area (Å²) >= 11 is 1.65. The van der Waals surface area contributed by atoms with Gasteiger partial charge in [0.2, 0.25) is 0 Å². The van der Waals surface area contributed by atoms with Gasteiger partial charge in [-0.15, -0.1) is 0 Å². The van der Waals surface area contributed by atoms with Crippen LogP contribution in [0.15, 0.2) is 0 Å². The minimum absolute atomic E-state index is 0.00815. The highest BCUT2D eigenvalue weighted by Crippen LogP contribution is 2.14. The number of hydroxylamine groups is 1. The molecule has 0 aliphatic rings. The Morgan fingerprint density at radius 2 is 2.12 bits per heavy atom. The third-order valence-corrected chi connectivity index (χ3v) is 2.45. The van der Waals surface area contributed by atoms with E-state index < -0.39 is 0 Å². The van der Waals surface area contributed by atoms with E-state index in [9.17, 15) is 4.79 Å². The summed E-state index contributed by atoms with van der Waals surface area (Å²) in [4.78, 5) is 18.3. The average molecular weight is 264 g/mol. The van der Waals surface area contributed by atoms with Crippen molar-refractivity contribution in [3.63, 3.8) is 0 Å². The minimum Gasteiger partial charge on any atom is -0.395 e. The highest BCUT2D eigenvalue weighted by Gasteiger charge is 2.20. The van der Waals surface area contributed by atoms with Gasteiger partial charge < -0.3 is 10.0 Å². The maximum atomic E-state index is 11.7. The van der Waals surface area contributed by atoms with Crippen LogP contribution in [0.3, 0.4) is 0 Å². The second kappa shape index (κ2) is 8.60. The molecule has 0 aliphatic carbocycles. The molecule has 0 bridgehead atoms. The van der Waals surface area contributed by atoms with E-state index >= 15 is 0 Å². The molecule has 0 spiro atoms. The second-order valence-electron chi connectivity index (χ2n) is 4.95. The van der Waals surface area contributed by atoms with E-state index in [1.807, 2.05) is 27.0 Å². The fourth-order valence-electron chi connectivity index (χ4n) is 1.25. The maximum Gasteiger partial charge on any atom is 0.341 e. The first-order valence-electron chi connectivity index (χ1n) is 5.67. The van der Waals surface area contributed by atoms with Crippen molar-refractivity contribution in [1.82, 2.24) is 10.4 Å². The molecule has 0 aromatic carbocycles. The number of hydrogen-bond donors (Lipinski definition) is 2. The Kier molecular flexibility index (Phi) is 8.37. The summed E-state index contributed by atoms with van der Waals surface area (Å²) in [5.74, 6) is 0.833. The number of aliphatic hydroxyl groups is 1. The zero-order valence-electron chi connectivity index (χ0n) is 11.2. The SMILES string of the molecule is CSCCONC(=O)N(CCO)CC(C)(C)C. The molecule has 0 unspecified atom stereocenters. The van der Waals surface area contributed by atoms with Gasteiger partial charge in [-0.25, -0.2) is 10.3 Å². The number of thioether (sulfide) groups is 1. The number of nitrogens with zero attached hydrogens (tertiary/aromatic N) is 1. The molecule has 0 aromatic rings. The van der Waals surface area contributed by atoms with Crippen LogP contribution in [0.25, 0.3) is 0 Å². The van der Waals surface area contributed by atoms with Gasteiger partial charge in [-0.05, 0) is 11.7 Å². The number of nitrogens with one attached hydrogen (secondary N) is 1. The fraction of sp³-hybridized carbons (Fsp3) is 0.909. The van der Waals surface area contributed by atoms with Gasteiger partial charge in [0.15, 0.2) is 0 Å². The monoisotopic (exact) mass is 264 g/mol. The molecule has 0 aliphatic heterocycles. The minimum atomic E-state index is -0.296. The number of rotatable bonds is 7. The molecular weight excluding hydrogens is 240 g/mol. The quantitative estimate of drug-likeness (QED) is 0.538. The van der Waals surface area contributed by atoms with Gasteiger partial charge in [0.25, 0.3) is 0 Å². The molecule has 2 N–H and O–H groups in total. The molecule has 0 heterocycles. The number of carbonyl (C=O) groups excluding carboxylic acids is 1. The van der Waals surface area contributed by atoms with Gasteiger partial charge in [0.05, 0.1) is 13.2 Å². The Hall–Kier alpha value is -0.460. The molecular formula is C11H24N2O3S. The van der Waals surface area contributed by atoms with Gasteiger partial charge in [-0.3, -0.25) is 4.84 Å². The summed E-state index contributed by atoms with van der Waals surface area (Å²) in [7, 11) is 0. The summed E-state index contributed by atoms with van der Waals surface area (Å²) in [5, 5.41) is 8.93. The molecule has 0 rings (SSSR count). The molecule has 5 nitrogen and oxygen atoms in total. The predicted molar refractivity (Wildman–Crippen MR) is 71.0 cm³/mol. The van der Waals surface area contributed by atoms with E-state index in [0.29, 0.717) is 19.7 Å². The number of hydrogen-bond acceptors (Lipinski definition) is 4. The van der Waals surface area contributed by atoms with Crippen molar-refractivity contribution in [2.45, 2.75) is 20.8 Å². The zero-order chi connectivity index (χ0) is 13.3. The Morgan fingerprint density at radius 3 is 2.59 bits per heavy atom. The topological polar surface area (TPSA) is 61.8 Å². The van der Waals surface area contributed by atoms with Crippen LogP contribution in [-0.2, 0) is 4.84 Å². The lowest BCUT2D eigenvalue weighted by atomic mass is 9.96. The summed E-state index contributed by atoms with van der Waals surface area (Å²) in [6.07, 6.45) is 1.98. The van der Waals surface area contributed by atoms with Crippen LogP contribution in [0.4, 0.5) is 4.79 Å². The Labute approximate surface area is 108 Å². The molecule has 0 atom stereocenters. The van der Waals surface area contributed by atoms with Crippen molar-refractivity contribution in [2.75, 3.05) is 38.3 Å². The Bertz CT molecular complexity index is 219. The Balaban J connectivity index is 4.06. The van der Waals surface area contributed by atoms with Gasteiger partial charge in [0.1, 0.15) is 0 Å². The summed E-state index contributed by atoms with van der Waals surface area (Å²) in [6.45, 7) is 7.45. The van der Waals surface area contributed by atoms with E-state index in [1.54, 1.807) is 16.7 Å². The van der Waals surface area contributed by atoms with Crippen LogP contribution in [0.1, 0.15) is 20.8 Å². The third kappa shape index (κ3) is 9.26. The molecule has 0 radical (unpaired) electrons. The van der Waals surface area contributed by atoms with E-state index in [1.165, 1.54) is 0 Å². The zero-order valence-corrected chi connectivity index (χ0v) is 12.0. The van der Waals surface area contributed by atoms with E-state index in [0.717, 1.165) is 5.75 Å². The number of urea groups is 1. The second-order valence-corrected chi connectivity index (χ2v) is 5.94. The van der Waals surface area contributed by atoms with Gasteiger partial charge in [-0.1, -0.05) is 20.8 Å². The molecule has 17 heavy (non-hydrogen) atoms. The lowest BCUT2D eigenvalue weighted by Crippen LogP contribution is -2.45. The number of amides is 2. The van der Waals surface area contributed by atoms with E-state index in [4.69, 9.17) is 9.94 Å². The average Bonchev–Trinajstić information content (AvgIpc) is 2.21. The molecule has 6 heteroatoms. The largest absolute Gasteiger partial charge is 0.395 e. The van der Waals surface area contributed by atoms with Crippen molar-refractivity contribution in [3.05, 3.63) is 0 Å². The molecule has 102 valence electrons. The normalized spacial score (nSPS) is 11.4. The lowest BCUT2D eigenvalue weighted by Gasteiger charge is -2.29. The van der Waals surface area contributed by atoms with Crippen molar-refractivity contribution >= 4 is 17.8 Å². The lowest BCUT2D eigenvalue weighted by molar-refractivity contribution is 0.0500. The third-order valence-electron chi connectivity index (χ3n) is 1.87. The van der Waals surface area contributed by atoms with Gasteiger partial charge >= 0.3 is 6.03 Å². The van der Waals surface area contributed by atoms with Crippen LogP contribution in [0, 0.1) is 5.41 Å². The first-order valence-corrected chi connectivity index (χ1v) is 7.06. The molecule has 0 saturated carbocycles. The van der Waals surface area contributed by atoms with Crippen LogP contribution in [0.5, 0.6) is 0 Å². The number of aliphatic hydroxyl groups excluding tert-OH is 1. The van der Waals surface area contributed by atoms with Gasteiger partial charge in [-0.2, -0.15) is 11.8 Å². The highest BCUT2D eigenvalue weighted by atomic mass is 32.2. The summed E-state index contributed by atoms with van der Waals surface area (Å²) < 4.78 is 0. The summed E-state index contributed by atoms with van der Waals surface area (Å²) in [5.41, 5.74) is 2.38. The summed E-state index contributed by atoms with van der Waals surface area (Å²) in [6, 6.07) is -0.296. The fourth-order valence-corrected chi connectivity index (χ4v) is 1.50. The maximum absolute atomic E-state index is 11.7. The number of carbonyl (C=O) groups is 1. The van der Waals surface area contributed by atoms with E-state index in [2.05, 4.69) is 5.48 Å². The van der Waals surface area contributed by atoms with Crippen molar-refractivity contribution in [1.29, 1.82) is 0 Å². The van der Waals surface area contributed by atoms with Crippen LogP contribution in [-0.4, -0.2) is 54.3 Å². The smallest absolute Gasteiger partial charge is 0.341 e. The van der Waals surface area contributed by atoms with Crippen molar-refractivity contribution in [3.8, 4) is 0 Å². The molecule has 2 amide bonds. The van der Waals surface area contributed by atoms with Crippen LogP contribution < -0.4 is 5.48 Å². The Morgan fingerprint density at radius 1 is 1.47 bits per heavy atom.